The second-order valence-electron chi connectivity index (χ2n) is 5.50. The van der Waals surface area contributed by atoms with Gasteiger partial charge in [0, 0.05) is 34.5 Å². The zero-order valence-electron chi connectivity index (χ0n) is 12.8. The summed E-state index contributed by atoms with van der Waals surface area (Å²) in [6, 6.07) is 12.0. The third-order valence-electron chi connectivity index (χ3n) is 3.84. The molecule has 23 heavy (non-hydrogen) atoms. The van der Waals surface area contributed by atoms with Crippen molar-refractivity contribution in [2.24, 2.45) is 0 Å². The lowest BCUT2D eigenvalue weighted by Crippen LogP contribution is -2.38. The lowest BCUT2D eigenvalue weighted by atomic mass is 10.1. The maximum Gasteiger partial charge on any atom is 0.235 e. The van der Waals surface area contributed by atoms with E-state index in [9.17, 15) is 9.00 Å². The topological polar surface area (TPSA) is 37.4 Å². The molecule has 3 rings (SSSR count). The van der Waals surface area contributed by atoms with Crippen LogP contribution >= 0.6 is 11.3 Å². The standard InChI is InChI=1S/C18H19NO2S2/c20-18(19-10-8-17-16(13-19)9-11-22-17)14-23(21)12-4-7-15-5-2-1-3-6-15/h1-7,9,11H,8,10,12-14H2. The van der Waals surface area contributed by atoms with Crippen molar-refractivity contribution in [1.82, 2.24) is 4.90 Å². The summed E-state index contributed by atoms with van der Waals surface area (Å²) >= 11 is 1.75. The second kappa shape index (κ2) is 7.70. The number of carbonyl (C=O) groups excluding carboxylic acids is 1. The van der Waals surface area contributed by atoms with Crippen LogP contribution in [0.4, 0.5) is 0 Å². The van der Waals surface area contributed by atoms with Crippen molar-refractivity contribution in [3.8, 4) is 0 Å². The van der Waals surface area contributed by atoms with E-state index in [1.807, 2.05) is 47.4 Å². The number of benzene rings is 1. The van der Waals surface area contributed by atoms with Crippen LogP contribution in [0.25, 0.3) is 6.08 Å². The Morgan fingerprint density at radius 2 is 2.09 bits per heavy atom. The quantitative estimate of drug-likeness (QED) is 0.835. The first-order valence-electron chi connectivity index (χ1n) is 7.62. The Bertz CT molecular complexity index is 722. The van der Waals surface area contributed by atoms with E-state index in [-0.39, 0.29) is 11.7 Å². The number of carbonyl (C=O) groups is 1. The number of fused-ring (bicyclic) bond motifs is 1. The van der Waals surface area contributed by atoms with E-state index in [4.69, 9.17) is 0 Å². The molecule has 1 aliphatic heterocycles. The summed E-state index contributed by atoms with van der Waals surface area (Å²) in [6.07, 6.45) is 4.74. The van der Waals surface area contributed by atoms with Gasteiger partial charge in [0.05, 0.1) is 0 Å². The second-order valence-corrected chi connectivity index (χ2v) is 8.00. The number of amides is 1. The highest BCUT2D eigenvalue weighted by Gasteiger charge is 2.22. The van der Waals surface area contributed by atoms with Gasteiger partial charge in [-0.25, -0.2) is 0 Å². The zero-order valence-corrected chi connectivity index (χ0v) is 14.4. The van der Waals surface area contributed by atoms with Crippen molar-refractivity contribution >= 4 is 34.1 Å². The number of nitrogens with zero attached hydrogens (tertiary/aromatic N) is 1. The van der Waals surface area contributed by atoms with Crippen LogP contribution < -0.4 is 0 Å². The molecule has 2 heterocycles. The SMILES string of the molecule is O=C(CS(=O)CC=Cc1ccccc1)N1CCc2sccc2C1. The fourth-order valence-electron chi connectivity index (χ4n) is 2.60. The first-order valence-corrected chi connectivity index (χ1v) is 9.99. The van der Waals surface area contributed by atoms with Crippen LogP contribution in [0, 0.1) is 0 Å². The molecule has 1 amide bonds. The molecule has 0 saturated carbocycles. The molecule has 0 bridgehead atoms. The summed E-state index contributed by atoms with van der Waals surface area (Å²) in [5.41, 5.74) is 2.32. The van der Waals surface area contributed by atoms with Gasteiger partial charge in [-0.05, 0) is 29.0 Å². The molecule has 5 heteroatoms. The smallest absolute Gasteiger partial charge is 0.235 e. The summed E-state index contributed by atoms with van der Waals surface area (Å²) in [6.45, 7) is 1.40. The Hall–Kier alpha value is -1.72. The maximum absolute atomic E-state index is 12.3. The summed E-state index contributed by atoms with van der Waals surface area (Å²) in [4.78, 5) is 15.5. The zero-order chi connectivity index (χ0) is 16.1. The lowest BCUT2D eigenvalue weighted by molar-refractivity contribution is -0.129. The first-order chi connectivity index (χ1) is 11.2. The molecular formula is C18H19NO2S2. The molecule has 0 spiro atoms. The number of rotatable bonds is 5. The molecule has 0 fully saturated rings. The Morgan fingerprint density at radius 3 is 2.91 bits per heavy atom. The molecular weight excluding hydrogens is 326 g/mol. The predicted octanol–water partition coefficient (Wildman–Crippen LogP) is 3.09. The van der Waals surface area contributed by atoms with E-state index in [2.05, 4.69) is 11.4 Å². The molecule has 2 aromatic rings. The molecule has 1 aromatic heterocycles. The molecule has 1 aromatic carbocycles. The van der Waals surface area contributed by atoms with E-state index in [1.54, 1.807) is 11.3 Å². The first kappa shape index (κ1) is 16.1. The van der Waals surface area contributed by atoms with Crippen LogP contribution in [-0.2, 0) is 28.6 Å². The van der Waals surface area contributed by atoms with Gasteiger partial charge < -0.3 is 4.90 Å². The highest BCUT2D eigenvalue weighted by molar-refractivity contribution is 7.85. The van der Waals surface area contributed by atoms with Crippen LogP contribution in [0.15, 0.2) is 47.9 Å². The van der Waals surface area contributed by atoms with E-state index < -0.39 is 10.8 Å². The van der Waals surface area contributed by atoms with Gasteiger partial charge >= 0.3 is 0 Å². The number of hydrogen-bond donors (Lipinski definition) is 0. The fraction of sp³-hybridized carbons (Fsp3) is 0.278. The maximum atomic E-state index is 12.3. The monoisotopic (exact) mass is 345 g/mol. The fourth-order valence-corrected chi connectivity index (χ4v) is 4.38. The minimum absolute atomic E-state index is 0.00621. The number of hydrogen-bond acceptors (Lipinski definition) is 3. The molecule has 0 N–H and O–H groups in total. The van der Waals surface area contributed by atoms with Gasteiger partial charge in [0.1, 0.15) is 5.75 Å². The summed E-state index contributed by atoms with van der Waals surface area (Å²) in [5.74, 6) is 0.518. The Balaban J connectivity index is 1.48. The van der Waals surface area contributed by atoms with Gasteiger partial charge in [0.2, 0.25) is 5.91 Å². The van der Waals surface area contributed by atoms with Gasteiger partial charge in [-0.3, -0.25) is 9.00 Å². The molecule has 3 nitrogen and oxygen atoms in total. The van der Waals surface area contributed by atoms with Crippen molar-refractivity contribution in [2.45, 2.75) is 13.0 Å². The minimum Gasteiger partial charge on any atom is -0.337 e. The Kier molecular flexibility index (Phi) is 5.41. The van der Waals surface area contributed by atoms with E-state index in [0.717, 1.165) is 18.5 Å². The third-order valence-corrected chi connectivity index (χ3v) is 5.99. The van der Waals surface area contributed by atoms with E-state index in [1.165, 1.54) is 10.4 Å². The molecule has 0 aliphatic carbocycles. The van der Waals surface area contributed by atoms with Gasteiger partial charge in [0.25, 0.3) is 0 Å². The molecule has 120 valence electrons. The van der Waals surface area contributed by atoms with Crippen molar-refractivity contribution in [3.63, 3.8) is 0 Å². The Labute approximate surface area is 143 Å². The molecule has 0 saturated heterocycles. The number of thiophene rings is 1. The minimum atomic E-state index is -1.15. The van der Waals surface area contributed by atoms with Crippen LogP contribution in [-0.4, -0.2) is 33.1 Å². The van der Waals surface area contributed by atoms with Crippen molar-refractivity contribution in [1.29, 1.82) is 0 Å². The normalized spacial score (nSPS) is 15.6. The van der Waals surface area contributed by atoms with Crippen molar-refractivity contribution < 1.29 is 9.00 Å². The van der Waals surface area contributed by atoms with Gasteiger partial charge in [-0.2, -0.15) is 0 Å². The van der Waals surface area contributed by atoms with Crippen molar-refractivity contribution in [2.75, 3.05) is 18.1 Å². The highest BCUT2D eigenvalue weighted by Crippen LogP contribution is 2.24. The van der Waals surface area contributed by atoms with Gasteiger partial charge in [0.15, 0.2) is 0 Å². The average molecular weight is 345 g/mol. The summed E-state index contributed by atoms with van der Waals surface area (Å²) in [5, 5.41) is 2.07. The van der Waals surface area contributed by atoms with Crippen LogP contribution in [0.2, 0.25) is 0 Å². The molecule has 1 unspecified atom stereocenters. The van der Waals surface area contributed by atoms with Crippen LogP contribution in [0.3, 0.4) is 0 Å². The molecule has 0 radical (unpaired) electrons. The van der Waals surface area contributed by atoms with Crippen LogP contribution in [0.1, 0.15) is 16.0 Å². The average Bonchev–Trinajstić information content (AvgIpc) is 3.03. The largest absolute Gasteiger partial charge is 0.337 e. The molecule has 1 aliphatic rings. The predicted molar refractivity (Wildman–Crippen MR) is 96.8 cm³/mol. The van der Waals surface area contributed by atoms with Gasteiger partial charge in [-0.15, -0.1) is 11.3 Å². The summed E-state index contributed by atoms with van der Waals surface area (Å²) < 4.78 is 12.1. The van der Waals surface area contributed by atoms with E-state index in [0.29, 0.717) is 12.3 Å². The van der Waals surface area contributed by atoms with Crippen LogP contribution in [0.5, 0.6) is 0 Å². The van der Waals surface area contributed by atoms with Gasteiger partial charge in [-0.1, -0.05) is 42.5 Å². The highest BCUT2D eigenvalue weighted by atomic mass is 32.2. The summed E-state index contributed by atoms with van der Waals surface area (Å²) in [7, 11) is -1.15. The van der Waals surface area contributed by atoms with Crippen molar-refractivity contribution in [3.05, 3.63) is 63.9 Å². The lowest BCUT2D eigenvalue weighted by Gasteiger charge is -2.26. The Morgan fingerprint density at radius 1 is 1.26 bits per heavy atom. The third kappa shape index (κ3) is 4.39. The molecule has 1 atom stereocenters. The van der Waals surface area contributed by atoms with E-state index >= 15 is 0 Å².